The highest BCUT2D eigenvalue weighted by Gasteiger charge is 2.35. The Morgan fingerprint density at radius 1 is 1.21 bits per heavy atom. The highest BCUT2D eigenvalue weighted by molar-refractivity contribution is 9.11. The molecule has 3 N–H and O–H groups in total. The van der Waals surface area contributed by atoms with Gasteiger partial charge in [-0.05, 0) is 58.4 Å². The maximum Gasteiger partial charge on any atom is 0.329 e. The van der Waals surface area contributed by atoms with Gasteiger partial charge >= 0.3 is 6.03 Å². The number of imide groups is 1. The molecule has 4 amide bonds. The van der Waals surface area contributed by atoms with Gasteiger partial charge in [-0.15, -0.1) is 0 Å². The first-order valence-corrected chi connectivity index (χ1v) is 9.79. The molecule has 144 valence electrons. The lowest BCUT2D eigenvalue weighted by Gasteiger charge is -2.12. The molecule has 28 heavy (non-hydrogen) atoms. The number of aromatic hydroxyl groups is 1. The lowest BCUT2D eigenvalue weighted by Crippen LogP contribution is -2.38. The van der Waals surface area contributed by atoms with Crippen LogP contribution in [0.4, 0.5) is 10.5 Å². The molecule has 3 rings (SSSR count). The highest BCUT2D eigenvalue weighted by Crippen LogP contribution is 2.33. The number of urea groups is 1. The summed E-state index contributed by atoms with van der Waals surface area (Å²) in [4.78, 5) is 37.6. The van der Waals surface area contributed by atoms with E-state index < -0.39 is 24.4 Å². The van der Waals surface area contributed by atoms with Gasteiger partial charge in [0.1, 0.15) is 18.0 Å². The molecule has 1 aliphatic rings. The maximum atomic E-state index is 12.5. The van der Waals surface area contributed by atoms with E-state index in [1.807, 2.05) is 0 Å². The summed E-state index contributed by atoms with van der Waals surface area (Å²) in [6, 6.07) is 8.91. The summed E-state index contributed by atoms with van der Waals surface area (Å²) in [5, 5.41) is 15.6. The first kappa shape index (κ1) is 20.4. The van der Waals surface area contributed by atoms with Crippen molar-refractivity contribution < 1.29 is 19.5 Å². The van der Waals surface area contributed by atoms with E-state index in [0.717, 1.165) is 4.90 Å². The van der Waals surface area contributed by atoms with Crippen LogP contribution in [-0.4, -0.2) is 34.4 Å². The van der Waals surface area contributed by atoms with E-state index in [0.29, 0.717) is 25.2 Å². The van der Waals surface area contributed by atoms with Gasteiger partial charge < -0.3 is 15.7 Å². The zero-order chi connectivity index (χ0) is 20.4. The van der Waals surface area contributed by atoms with Gasteiger partial charge in [0.15, 0.2) is 0 Å². The molecule has 1 fully saturated rings. The van der Waals surface area contributed by atoms with Crippen molar-refractivity contribution in [1.29, 1.82) is 0 Å². The number of phenols is 1. The van der Waals surface area contributed by atoms with Crippen LogP contribution in [0.2, 0.25) is 5.02 Å². The van der Waals surface area contributed by atoms with E-state index in [-0.39, 0.29) is 11.4 Å². The summed E-state index contributed by atoms with van der Waals surface area (Å²) in [6.45, 7) is -0.460. The minimum atomic E-state index is -0.726. The number of carbonyl (C=O) groups is 3. The second-order valence-electron chi connectivity index (χ2n) is 5.76. The van der Waals surface area contributed by atoms with Crippen LogP contribution in [0.5, 0.6) is 5.75 Å². The first-order chi connectivity index (χ1) is 13.2. The van der Waals surface area contributed by atoms with Gasteiger partial charge in [0, 0.05) is 20.7 Å². The lowest BCUT2D eigenvalue weighted by molar-refractivity contribution is -0.127. The topological polar surface area (TPSA) is 98.7 Å². The standard InChI is InChI=1S/C18H12Br2ClN3O4/c19-10-5-9(16(26)13(20)7-10)6-14-17(27)24(18(28)23-14)8-15(25)22-12-3-1-11(21)2-4-12/h1-7,26H,8H2,(H,22,25)(H,23,28)/b14-6-. The van der Waals surface area contributed by atoms with Crippen molar-refractivity contribution in [3.63, 3.8) is 0 Å². The smallest absolute Gasteiger partial charge is 0.329 e. The second kappa shape index (κ2) is 8.34. The zero-order valence-corrected chi connectivity index (χ0v) is 17.9. The molecule has 0 aromatic heterocycles. The molecule has 1 heterocycles. The van der Waals surface area contributed by atoms with Gasteiger partial charge in [0.25, 0.3) is 5.91 Å². The number of benzene rings is 2. The molecule has 0 unspecified atom stereocenters. The number of nitrogens with one attached hydrogen (secondary N) is 2. The zero-order valence-electron chi connectivity index (χ0n) is 14.0. The Bertz CT molecular complexity index is 1010. The molecule has 0 aliphatic carbocycles. The molecule has 1 aliphatic heterocycles. The Balaban J connectivity index is 1.74. The molecular weight excluding hydrogens is 517 g/mol. The molecule has 0 bridgehead atoms. The molecule has 7 nitrogen and oxygen atoms in total. The lowest BCUT2D eigenvalue weighted by atomic mass is 10.1. The first-order valence-electron chi connectivity index (χ1n) is 7.82. The van der Waals surface area contributed by atoms with Gasteiger partial charge in [-0.2, -0.15) is 0 Å². The van der Waals surface area contributed by atoms with Crippen molar-refractivity contribution >= 4 is 73.1 Å². The Morgan fingerprint density at radius 3 is 2.57 bits per heavy atom. The number of halogens is 3. The molecule has 2 aromatic carbocycles. The minimum absolute atomic E-state index is 0.0513. The van der Waals surface area contributed by atoms with Gasteiger partial charge in [-0.25, -0.2) is 9.69 Å². The predicted molar refractivity (Wildman–Crippen MR) is 112 cm³/mol. The van der Waals surface area contributed by atoms with Crippen molar-refractivity contribution in [1.82, 2.24) is 10.2 Å². The average Bonchev–Trinajstić information content (AvgIpc) is 2.88. The van der Waals surface area contributed by atoms with E-state index in [1.54, 1.807) is 36.4 Å². The number of hydrogen-bond acceptors (Lipinski definition) is 4. The molecule has 10 heteroatoms. The number of hydrogen-bond donors (Lipinski definition) is 3. The van der Waals surface area contributed by atoms with Gasteiger partial charge in [0.05, 0.1) is 4.47 Å². The van der Waals surface area contributed by atoms with E-state index in [2.05, 4.69) is 42.5 Å². The second-order valence-corrected chi connectivity index (χ2v) is 7.97. The number of phenolic OH excluding ortho intramolecular Hbond substituents is 1. The van der Waals surface area contributed by atoms with E-state index >= 15 is 0 Å². The quantitative estimate of drug-likeness (QED) is 0.410. The summed E-state index contributed by atoms with van der Waals surface area (Å²) in [5.74, 6) is -1.30. The summed E-state index contributed by atoms with van der Waals surface area (Å²) >= 11 is 12.3. The normalized spacial score (nSPS) is 15.1. The fourth-order valence-electron chi connectivity index (χ4n) is 2.44. The molecular formula is C18H12Br2ClN3O4. The molecule has 1 saturated heterocycles. The van der Waals surface area contributed by atoms with Gasteiger partial charge in [-0.1, -0.05) is 27.5 Å². The van der Waals surface area contributed by atoms with Crippen molar-refractivity contribution in [3.05, 3.63) is 61.6 Å². The van der Waals surface area contributed by atoms with E-state index in [4.69, 9.17) is 11.6 Å². The number of rotatable bonds is 4. The fourth-order valence-corrected chi connectivity index (χ4v) is 3.83. The van der Waals surface area contributed by atoms with Gasteiger partial charge in [0.2, 0.25) is 5.91 Å². The molecule has 0 spiro atoms. The summed E-state index contributed by atoms with van der Waals surface area (Å²) < 4.78 is 1.09. The molecule has 0 saturated carbocycles. The Hall–Kier alpha value is -2.36. The Morgan fingerprint density at radius 2 is 1.89 bits per heavy atom. The van der Waals surface area contributed by atoms with Crippen LogP contribution in [0, 0.1) is 0 Å². The van der Waals surface area contributed by atoms with Crippen molar-refractivity contribution in [2.45, 2.75) is 0 Å². The fraction of sp³-hybridized carbons (Fsp3) is 0.0556. The minimum Gasteiger partial charge on any atom is -0.506 e. The van der Waals surface area contributed by atoms with Crippen LogP contribution in [0.1, 0.15) is 5.56 Å². The summed E-state index contributed by atoms with van der Waals surface area (Å²) in [5.41, 5.74) is 0.753. The third-order valence-corrected chi connectivity index (χ3v) is 5.06. The number of amides is 4. The van der Waals surface area contributed by atoms with Crippen LogP contribution in [-0.2, 0) is 9.59 Å². The van der Waals surface area contributed by atoms with Crippen LogP contribution < -0.4 is 10.6 Å². The maximum absolute atomic E-state index is 12.5. The third kappa shape index (κ3) is 4.54. The Kier molecular flexibility index (Phi) is 6.07. The SMILES string of the molecule is O=C(CN1C(=O)N/C(=C\c2cc(Br)cc(Br)c2O)C1=O)Nc1ccc(Cl)cc1. The number of carbonyl (C=O) groups excluding carboxylic acids is 3. The number of anilines is 1. The Labute approximate surface area is 181 Å². The van der Waals surface area contributed by atoms with Crippen molar-refractivity contribution in [2.24, 2.45) is 0 Å². The predicted octanol–water partition coefficient (Wildman–Crippen LogP) is 4.10. The third-order valence-electron chi connectivity index (χ3n) is 3.75. The van der Waals surface area contributed by atoms with Crippen LogP contribution in [0.15, 0.2) is 51.0 Å². The van der Waals surface area contributed by atoms with Crippen molar-refractivity contribution in [2.75, 3.05) is 11.9 Å². The largest absolute Gasteiger partial charge is 0.506 e. The van der Waals surface area contributed by atoms with Crippen molar-refractivity contribution in [3.8, 4) is 5.75 Å². The average molecular weight is 530 g/mol. The summed E-state index contributed by atoms with van der Waals surface area (Å²) in [7, 11) is 0. The molecule has 2 aromatic rings. The highest BCUT2D eigenvalue weighted by atomic mass is 79.9. The van der Waals surface area contributed by atoms with E-state index in [1.165, 1.54) is 6.08 Å². The van der Waals surface area contributed by atoms with Crippen LogP contribution in [0.25, 0.3) is 6.08 Å². The molecule has 0 radical (unpaired) electrons. The molecule has 0 atom stereocenters. The van der Waals surface area contributed by atoms with E-state index in [9.17, 15) is 19.5 Å². The van der Waals surface area contributed by atoms with Gasteiger partial charge in [-0.3, -0.25) is 9.59 Å². The summed E-state index contributed by atoms with van der Waals surface area (Å²) in [6.07, 6.45) is 1.34. The van der Waals surface area contributed by atoms with Crippen LogP contribution in [0.3, 0.4) is 0 Å². The van der Waals surface area contributed by atoms with Crippen LogP contribution >= 0.6 is 43.5 Å². The monoisotopic (exact) mass is 527 g/mol. The number of nitrogens with zero attached hydrogens (tertiary/aromatic N) is 1.